The van der Waals surface area contributed by atoms with Crippen LogP contribution in [-0.4, -0.2) is 28.2 Å². The van der Waals surface area contributed by atoms with Crippen molar-refractivity contribution in [3.63, 3.8) is 0 Å². The number of hydrogen-bond donors (Lipinski definition) is 0. The molecule has 0 aliphatic carbocycles. The number of methoxy groups -OCH3 is 1. The van der Waals surface area contributed by atoms with Gasteiger partial charge in [-0.15, -0.1) is 11.3 Å². The highest BCUT2D eigenvalue weighted by atomic mass is 32.1. The molecule has 0 unspecified atom stereocenters. The maximum Gasteiger partial charge on any atom is 0.337 e. The van der Waals surface area contributed by atoms with Gasteiger partial charge in [0.2, 0.25) is 5.82 Å². The van der Waals surface area contributed by atoms with Crippen molar-refractivity contribution in [2.75, 3.05) is 7.11 Å². The highest BCUT2D eigenvalue weighted by Gasteiger charge is 2.16. The predicted molar refractivity (Wildman–Crippen MR) is 81.7 cm³/mol. The Morgan fingerprint density at radius 1 is 1.27 bits per heavy atom. The fourth-order valence-electron chi connectivity index (χ4n) is 2.07. The van der Waals surface area contributed by atoms with Crippen molar-refractivity contribution in [1.29, 1.82) is 0 Å². The van der Waals surface area contributed by atoms with Crippen LogP contribution in [0.2, 0.25) is 0 Å². The van der Waals surface area contributed by atoms with Crippen molar-refractivity contribution in [2.24, 2.45) is 0 Å². The van der Waals surface area contributed by atoms with Crippen LogP contribution >= 0.6 is 11.3 Å². The Bertz CT molecular complexity index is 838. The van der Waals surface area contributed by atoms with Crippen LogP contribution in [0.4, 0.5) is 0 Å². The second-order valence-electron chi connectivity index (χ2n) is 4.64. The van der Waals surface area contributed by atoms with E-state index in [1.807, 2.05) is 19.9 Å². The molecule has 0 spiro atoms. The minimum atomic E-state index is -0.403. The third kappa shape index (κ3) is 2.62. The summed E-state index contributed by atoms with van der Waals surface area (Å²) in [7, 11) is 1.34. The first-order valence-electron chi connectivity index (χ1n) is 6.55. The smallest absolute Gasteiger partial charge is 0.337 e. The summed E-state index contributed by atoms with van der Waals surface area (Å²) in [5.74, 6) is 0.451. The van der Waals surface area contributed by atoms with Crippen molar-refractivity contribution in [1.82, 2.24) is 15.1 Å². The second-order valence-corrected chi connectivity index (χ2v) is 5.85. The Morgan fingerprint density at radius 2 is 2.09 bits per heavy atom. The molecule has 0 N–H and O–H groups in total. The largest absolute Gasteiger partial charge is 0.465 e. The Hall–Kier alpha value is -2.54. The van der Waals surface area contributed by atoms with Gasteiger partial charge in [0.05, 0.1) is 23.4 Å². The lowest BCUT2D eigenvalue weighted by Crippen LogP contribution is -2.00. The number of esters is 1. The van der Waals surface area contributed by atoms with E-state index in [1.165, 1.54) is 18.4 Å². The monoisotopic (exact) mass is 315 g/mol. The number of thiazole rings is 1. The average Bonchev–Trinajstić information content (AvgIpc) is 3.13. The summed E-state index contributed by atoms with van der Waals surface area (Å²) in [6.45, 7) is 3.83. The average molecular weight is 315 g/mol. The van der Waals surface area contributed by atoms with Gasteiger partial charge in [-0.2, -0.15) is 4.98 Å². The van der Waals surface area contributed by atoms with Crippen LogP contribution in [0, 0.1) is 13.8 Å². The van der Waals surface area contributed by atoms with Gasteiger partial charge in [-0.05, 0) is 26.0 Å². The zero-order valence-corrected chi connectivity index (χ0v) is 13.1. The molecule has 0 saturated carbocycles. The van der Waals surface area contributed by atoms with Crippen LogP contribution in [0.3, 0.4) is 0 Å². The normalized spacial score (nSPS) is 10.7. The van der Waals surface area contributed by atoms with Crippen LogP contribution in [0.15, 0.2) is 28.8 Å². The fourth-order valence-corrected chi connectivity index (χ4v) is 2.91. The molecule has 0 bridgehead atoms. The molecule has 0 aliphatic heterocycles. The number of benzene rings is 1. The third-order valence-electron chi connectivity index (χ3n) is 3.07. The van der Waals surface area contributed by atoms with E-state index in [4.69, 9.17) is 9.26 Å². The molecule has 2 heterocycles. The Morgan fingerprint density at radius 3 is 2.77 bits per heavy atom. The van der Waals surface area contributed by atoms with Gasteiger partial charge >= 0.3 is 5.97 Å². The predicted octanol–water partition coefficient (Wildman–Crippen LogP) is 3.26. The molecule has 3 rings (SSSR count). The van der Waals surface area contributed by atoms with Crippen molar-refractivity contribution >= 4 is 17.3 Å². The molecule has 6 nitrogen and oxygen atoms in total. The van der Waals surface area contributed by atoms with Gasteiger partial charge in [0.15, 0.2) is 0 Å². The lowest BCUT2D eigenvalue weighted by Gasteiger charge is -2.00. The molecule has 7 heteroatoms. The number of aryl methyl sites for hydroxylation is 2. The molecule has 1 aromatic carbocycles. The van der Waals surface area contributed by atoms with E-state index >= 15 is 0 Å². The van der Waals surface area contributed by atoms with E-state index in [0.717, 1.165) is 15.6 Å². The van der Waals surface area contributed by atoms with E-state index in [1.54, 1.807) is 18.2 Å². The number of carbonyl (C=O) groups excluding carboxylic acids is 1. The molecule has 0 radical (unpaired) electrons. The number of hydrogen-bond acceptors (Lipinski definition) is 7. The lowest BCUT2D eigenvalue weighted by molar-refractivity contribution is 0.0601. The zero-order valence-electron chi connectivity index (χ0n) is 12.3. The van der Waals surface area contributed by atoms with Crippen molar-refractivity contribution in [2.45, 2.75) is 13.8 Å². The van der Waals surface area contributed by atoms with Gasteiger partial charge in [-0.25, -0.2) is 9.78 Å². The first-order chi connectivity index (χ1) is 10.6. The maximum absolute atomic E-state index is 11.6. The van der Waals surface area contributed by atoms with E-state index in [0.29, 0.717) is 22.8 Å². The summed E-state index contributed by atoms with van der Waals surface area (Å²) < 4.78 is 10.0. The lowest BCUT2D eigenvalue weighted by atomic mass is 10.1. The number of ether oxygens (including phenoxy) is 1. The molecule has 0 aliphatic rings. The summed E-state index contributed by atoms with van der Waals surface area (Å²) in [5.41, 5.74) is 1.99. The van der Waals surface area contributed by atoms with Crippen LogP contribution in [0.1, 0.15) is 21.1 Å². The molecule has 3 aromatic rings. The van der Waals surface area contributed by atoms with Crippen molar-refractivity contribution in [3.8, 4) is 22.2 Å². The van der Waals surface area contributed by atoms with Gasteiger partial charge in [-0.3, -0.25) is 0 Å². The van der Waals surface area contributed by atoms with E-state index in [9.17, 15) is 4.79 Å². The first kappa shape index (κ1) is 14.4. The molecule has 2 aromatic heterocycles. The van der Waals surface area contributed by atoms with Crippen molar-refractivity contribution in [3.05, 3.63) is 40.5 Å². The minimum Gasteiger partial charge on any atom is -0.465 e. The third-order valence-corrected chi connectivity index (χ3v) is 4.13. The zero-order chi connectivity index (χ0) is 15.7. The maximum atomic E-state index is 11.6. The first-order valence-corrected chi connectivity index (χ1v) is 7.37. The molecule has 0 amide bonds. The van der Waals surface area contributed by atoms with Crippen LogP contribution in [0.5, 0.6) is 0 Å². The SMILES string of the molecule is COC(=O)c1cccc(-c2noc(-c3sc(C)nc3C)n2)c1. The van der Waals surface area contributed by atoms with Gasteiger partial charge in [0.1, 0.15) is 4.88 Å². The van der Waals surface area contributed by atoms with Gasteiger partial charge in [0.25, 0.3) is 5.89 Å². The number of rotatable bonds is 3. The molecular formula is C15H13N3O3S. The van der Waals surface area contributed by atoms with E-state index in [-0.39, 0.29) is 0 Å². The summed E-state index contributed by atoms with van der Waals surface area (Å²) >= 11 is 1.51. The number of nitrogens with zero attached hydrogens (tertiary/aromatic N) is 3. The second kappa shape index (κ2) is 5.69. The summed E-state index contributed by atoms with van der Waals surface area (Å²) in [4.78, 5) is 21.2. The fraction of sp³-hybridized carbons (Fsp3) is 0.200. The minimum absolute atomic E-state index is 0.403. The summed E-state index contributed by atoms with van der Waals surface area (Å²) in [6.07, 6.45) is 0. The number of aromatic nitrogens is 3. The van der Waals surface area contributed by atoms with Gasteiger partial charge in [0, 0.05) is 5.56 Å². The molecule has 112 valence electrons. The standard InChI is InChI=1S/C15H13N3O3S/c1-8-12(22-9(2)16-8)14-17-13(18-21-14)10-5-4-6-11(7-10)15(19)20-3/h4-7H,1-3H3. The quantitative estimate of drug-likeness (QED) is 0.690. The van der Waals surface area contributed by atoms with Gasteiger partial charge in [-0.1, -0.05) is 17.3 Å². The van der Waals surface area contributed by atoms with Crippen LogP contribution < -0.4 is 0 Å². The highest BCUT2D eigenvalue weighted by Crippen LogP contribution is 2.30. The van der Waals surface area contributed by atoms with Gasteiger partial charge < -0.3 is 9.26 Å². The van der Waals surface area contributed by atoms with Crippen LogP contribution in [-0.2, 0) is 4.74 Å². The molecule has 0 atom stereocenters. The summed E-state index contributed by atoms with van der Waals surface area (Å²) in [5, 5.41) is 4.92. The number of carbonyl (C=O) groups is 1. The molecule has 0 saturated heterocycles. The molecule has 22 heavy (non-hydrogen) atoms. The van der Waals surface area contributed by atoms with E-state index in [2.05, 4.69) is 15.1 Å². The Balaban J connectivity index is 1.97. The molecule has 0 fully saturated rings. The van der Waals surface area contributed by atoms with Crippen LogP contribution in [0.25, 0.3) is 22.2 Å². The Labute approximate surface area is 130 Å². The van der Waals surface area contributed by atoms with E-state index < -0.39 is 5.97 Å². The van der Waals surface area contributed by atoms with Crippen molar-refractivity contribution < 1.29 is 14.1 Å². The summed E-state index contributed by atoms with van der Waals surface area (Å²) in [6, 6.07) is 6.91. The topological polar surface area (TPSA) is 78.1 Å². The highest BCUT2D eigenvalue weighted by molar-refractivity contribution is 7.15. The Kier molecular flexibility index (Phi) is 3.72. The molecular weight excluding hydrogens is 302 g/mol.